The van der Waals surface area contributed by atoms with E-state index in [0.29, 0.717) is 0 Å². The van der Waals surface area contributed by atoms with Crippen LogP contribution in [0.15, 0.2) is 24.3 Å². The Kier molecular flexibility index (Phi) is 2.73. The van der Waals surface area contributed by atoms with Crippen LogP contribution in [0.25, 0.3) is 0 Å². The molecule has 1 atom stereocenters. The van der Waals surface area contributed by atoms with Crippen LogP contribution >= 0.6 is 0 Å². The number of rotatable bonds is 2. The van der Waals surface area contributed by atoms with Crippen LogP contribution in [0, 0.1) is 0 Å². The first-order chi connectivity index (χ1) is 6.79. The average molecular weight is 191 g/mol. The van der Waals surface area contributed by atoms with Crippen LogP contribution in [0.1, 0.15) is 18.9 Å². The molecule has 1 unspecified atom stereocenters. The summed E-state index contributed by atoms with van der Waals surface area (Å²) in [5, 5.41) is 9.42. The summed E-state index contributed by atoms with van der Waals surface area (Å²) in [7, 11) is 0. The molecular weight excluding hydrogens is 174 g/mol. The number of hydrogen-bond acceptors (Lipinski definition) is 2. The van der Waals surface area contributed by atoms with Gasteiger partial charge in [-0.3, -0.25) is 0 Å². The van der Waals surface area contributed by atoms with Crippen molar-refractivity contribution >= 4 is 5.69 Å². The van der Waals surface area contributed by atoms with Crippen molar-refractivity contribution in [2.45, 2.75) is 25.9 Å². The van der Waals surface area contributed by atoms with Crippen molar-refractivity contribution in [1.29, 1.82) is 0 Å². The fraction of sp³-hybridized carbons (Fsp3) is 0.500. The second-order valence-corrected chi connectivity index (χ2v) is 3.91. The molecule has 1 saturated heterocycles. The molecule has 0 amide bonds. The van der Waals surface area contributed by atoms with Gasteiger partial charge in [-0.2, -0.15) is 0 Å². The first kappa shape index (κ1) is 9.53. The zero-order valence-electron chi connectivity index (χ0n) is 8.61. The van der Waals surface area contributed by atoms with Gasteiger partial charge in [-0.15, -0.1) is 0 Å². The van der Waals surface area contributed by atoms with Gasteiger partial charge in [-0.25, -0.2) is 0 Å². The summed E-state index contributed by atoms with van der Waals surface area (Å²) >= 11 is 0. The van der Waals surface area contributed by atoms with E-state index in [-0.39, 0.29) is 6.10 Å². The molecule has 0 spiro atoms. The number of benzene rings is 1. The molecule has 0 bridgehead atoms. The zero-order valence-corrected chi connectivity index (χ0v) is 8.61. The normalized spacial score (nSPS) is 21.6. The number of nitrogens with zero attached hydrogens (tertiary/aromatic N) is 1. The standard InChI is InChI=1S/C12H17NO/c1-2-10-3-5-11(6-4-10)13-8-7-12(14)9-13/h3-6,12,14H,2,7-9H2,1H3. The molecule has 14 heavy (non-hydrogen) atoms. The second kappa shape index (κ2) is 4.01. The van der Waals surface area contributed by atoms with Gasteiger partial charge in [0, 0.05) is 18.8 Å². The summed E-state index contributed by atoms with van der Waals surface area (Å²) in [5.74, 6) is 0. The van der Waals surface area contributed by atoms with E-state index < -0.39 is 0 Å². The molecule has 2 nitrogen and oxygen atoms in total. The highest BCUT2D eigenvalue weighted by molar-refractivity contribution is 5.48. The van der Waals surface area contributed by atoms with E-state index in [2.05, 4.69) is 36.1 Å². The van der Waals surface area contributed by atoms with Gasteiger partial charge >= 0.3 is 0 Å². The number of hydrogen-bond donors (Lipinski definition) is 1. The second-order valence-electron chi connectivity index (χ2n) is 3.91. The van der Waals surface area contributed by atoms with Crippen LogP contribution < -0.4 is 4.90 Å². The smallest absolute Gasteiger partial charge is 0.0731 e. The lowest BCUT2D eigenvalue weighted by atomic mass is 10.1. The molecular formula is C12H17NO. The summed E-state index contributed by atoms with van der Waals surface area (Å²) < 4.78 is 0. The minimum absolute atomic E-state index is 0.138. The van der Waals surface area contributed by atoms with E-state index >= 15 is 0 Å². The molecule has 1 heterocycles. The van der Waals surface area contributed by atoms with Crippen LogP contribution in [-0.2, 0) is 6.42 Å². The minimum atomic E-state index is -0.138. The SMILES string of the molecule is CCc1ccc(N2CCC(O)C2)cc1. The summed E-state index contributed by atoms with van der Waals surface area (Å²) in [6.07, 6.45) is 1.85. The number of aryl methyl sites for hydroxylation is 1. The molecule has 2 heteroatoms. The third-order valence-electron chi connectivity index (χ3n) is 2.87. The fourth-order valence-electron chi connectivity index (χ4n) is 1.92. The van der Waals surface area contributed by atoms with Gasteiger partial charge in [0.1, 0.15) is 0 Å². The number of anilines is 1. The van der Waals surface area contributed by atoms with Crippen LogP contribution in [-0.4, -0.2) is 24.3 Å². The van der Waals surface area contributed by atoms with Gasteiger partial charge in [-0.05, 0) is 30.5 Å². The van der Waals surface area contributed by atoms with Gasteiger partial charge in [-0.1, -0.05) is 19.1 Å². The fourth-order valence-corrected chi connectivity index (χ4v) is 1.92. The number of aliphatic hydroxyl groups is 1. The maximum absolute atomic E-state index is 9.42. The quantitative estimate of drug-likeness (QED) is 0.770. The third-order valence-corrected chi connectivity index (χ3v) is 2.87. The zero-order chi connectivity index (χ0) is 9.97. The summed E-state index contributed by atoms with van der Waals surface area (Å²) in [6, 6.07) is 8.63. The maximum atomic E-state index is 9.42. The first-order valence-corrected chi connectivity index (χ1v) is 5.31. The highest BCUT2D eigenvalue weighted by atomic mass is 16.3. The predicted molar refractivity (Wildman–Crippen MR) is 58.7 cm³/mol. The van der Waals surface area contributed by atoms with Crippen molar-refractivity contribution in [2.24, 2.45) is 0 Å². The van der Waals surface area contributed by atoms with Crippen molar-refractivity contribution < 1.29 is 5.11 Å². The van der Waals surface area contributed by atoms with Gasteiger partial charge < -0.3 is 10.0 Å². The maximum Gasteiger partial charge on any atom is 0.0731 e. The highest BCUT2D eigenvalue weighted by Gasteiger charge is 2.19. The van der Waals surface area contributed by atoms with Gasteiger partial charge in [0.05, 0.1) is 6.10 Å². The highest BCUT2D eigenvalue weighted by Crippen LogP contribution is 2.20. The lowest BCUT2D eigenvalue weighted by molar-refractivity contribution is 0.198. The molecule has 0 saturated carbocycles. The van der Waals surface area contributed by atoms with E-state index in [1.165, 1.54) is 11.3 Å². The van der Waals surface area contributed by atoms with Crippen molar-refractivity contribution in [3.8, 4) is 0 Å². The molecule has 0 aromatic heterocycles. The van der Waals surface area contributed by atoms with Crippen LogP contribution in [0.5, 0.6) is 0 Å². The number of β-amino-alcohol motifs (C(OH)–C–C–N with tert-alkyl or cyclic N) is 1. The summed E-state index contributed by atoms with van der Waals surface area (Å²) in [6.45, 7) is 3.92. The van der Waals surface area contributed by atoms with Crippen molar-refractivity contribution in [3.05, 3.63) is 29.8 Å². The lowest BCUT2D eigenvalue weighted by Crippen LogP contribution is -2.20. The molecule has 0 radical (unpaired) electrons. The Bertz CT molecular complexity index is 294. The summed E-state index contributed by atoms with van der Waals surface area (Å²) in [4.78, 5) is 2.24. The largest absolute Gasteiger partial charge is 0.391 e. The topological polar surface area (TPSA) is 23.5 Å². The van der Waals surface area contributed by atoms with Crippen LogP contribution in [0.3, 0.4) is 0 Å². The van der Waals surface area contributed by atoms with Crippen molar-refractivity contribution in [3.63, 3.8) is 0 Å². The van der Waals surface area contributed by atoms with Crippen LogP contribution in [0.2, 0.25) is 0 Å². The van der Waals surface area contributed by atoms with E-state index in [1.54, 1.807) is 0 Å². The summed E-state index contributed by atoms with van der Waals surface area (Å²) in [5.41, 5.74) is 2.60. The third kappa shape index (κ3) is 1.90. The van der Waals surface area contributed by atoms with Crippen LogP contribution in [0.4, 0.5) is 5.69 Å². The van der Waals surface area contributed by atoms with E-state index in [4.69, 9.17) is 0 Å². The molecule has 1 N–H and O–H groups in total. The molecule has 1 fully saturated rings. The lowest BCUT2D eigenvalue weighted by Gasteiger charge is -2.17. The molecule has 1 aromatic rings. The Morgan fingerprint density at radius 3 is 2.57 bits per heavy atom. The monoisotopic (exact) mass is 191 g/mol. The Hall–Kier alpha value is -1.02. The Labute approximate surface area is 85.2 Å². The minimum Gasteiger partial charge on any atom is -0.391 e. The van der Waals surface area contributed by atoms with Gasteiger partial charge in [0.25, 0.3) is 0 Å². The van der Waals surface area contributed by atoms with E-state index in [1.807, 2.05) is 0 Å². The Morgan fingerprint density at radius 2 is 2.07 bits per heavy atom. The van der Waals surface area contributed by atoms with Crippen molar-refractivity contribution in [2.75, 3.05) is 18.0 Å². The first-order valence-electron chi connectivity index (χ1n) is 5.31. The molecule has 76 valence electrons. The molecule has 1 aromatic carbocycles. The Morgan fingerprint density at radius 1 is 1.36 bits per heavy atom. The van der Waals surface area contributed by atoms with Gasteiger partial charge in [0.15, 0.2) is 0 Å². The van der Waals surface area contributed by atoms with E-state index in [0.717, 1.165) is 25.9 Å². The molecule has 1 aliphatic rings. The Balaban J connectivity index is 2.09. The average Bonchev–Trinajstić information content (AvgIpc) is 2.65. The molecule has 2 rings (SSSR count). The molecule has 1 aliphatic heterocycles. The van der Waals surface area contributed by atoms with E-state index in [9.17, 15) is 5.11 Å². The molecule has 0 aliphatic carbocycles. The van der Waals surface area contributed by atoms with Gasteiger partial charge in [0.2, 0.25) is 0 Å². The predicted octanol–water partition coefficient (Wildman–Crippen LogP) is 1.82. The van der Waals surface area contributed by atoms with Crippen molar-refractivity contribution in [1.82, 2.24) is 0 Å². The number of aliphatic hydroxyl groups excluding tert-OH is 1.